The molecule has 0 amide bonds. The summed E-state index contributed by atoms with van der Waals surface area (Å²) < 4.78 is 2.18. The van der Waals surface area contributed by atoms with E-state index in [9.17, 15) is 0 Å². The molecule has 0 aliphatic carbocycles. The highest BCUT2D eigenvalue weighted by Crippen LogP contribution is 2.38. The summed E-state index contributed by atoms with van der Waals surface area (Å²) in [5.41, 5.74) is 0. The zero-order chi connectivity index (χ0) is 12.3. The maximum Gasteiger partial charge on any atom is 0.0843 e. The summed E-state index contributed by atoms with van der Waals surface area (Å²) in [6, 6.07) is 4.66. The van der Waals surface area contributed by atoms with Crippen molar-refractivity contribution >= 4 is 43.2 Å². The smallest absolute Gasteiger partial charge is 0.0843 e. The van der Waals surface area contributed by atoms with Gasteiger partial charge in [-0.3, -0.25) is 4.90 Å². The number of thiophene rings is 1. The average Bonchev–Trinajstić information content (AvgIpc) is 2.67. The van der Waals surface area contributed by atoms with Crippen LogP contribution in [0.1, 0.15) is 17.3 Å². The van der Waals surface area contributed by atoms with Crippen LogP contribution in [-0.2, 0) is 0 Å². The molecular formula is C11H13Br2N3S. The molecule has 1 aliphatic rings. The Hall–Kier alpha value is 0.0700. The quantitative estimate of drug-likeness (QED) is 0.878. The van der Waals surface area contributed by atoms with E-state index < -0.39 is 0 Å². The molecule has 6 heteroatoms. The number of piperazine rings is 1. The highest BCUT2D eigenvalue weighted by molar-refractivity contribution is 9.13. The molecule has 2 heterocycles. The summed E-state index contributed by atoms with van der Waals surface area (Å²) in [5.74, 6) is 0. The van der Waals surface area contributed by atoms with Gasteiger partial charge in [0.2, 0.25) is 0 Å². The predicted octanol–water partition coefficient (Wildman–Crippen LogP) is 3.13. The van der Waals surface area contributed by atoms with Crippen molar-refractivity contribution in [2.45, 2.75) is 12.5 Å². The van der Waals surface area contributed by atoms with Crippen molar-refractivity contribution < 1.29 is 0 Å². The number of halogens is 2. The van der Waals surface area contributed by atoms with E-state index in [4.69, 9.17) is 5.26 Å². The van der Waals surface area contributed by atoms with Gasteiger partial charge < -0.3 is 5.32 Å². The SMILES string of the molecule is N#CC[C@H](c1cc(Br)c(Br)s1)N1CCNCC1. The van der Waals surface area contributed by atoms with Crippen LogP contribution in [0.4, 0.5) is 0 Å². The molecule has 1 fully saturated rings. The molecule has 1 atom stereocenters. The van der Waals surface area contributed by atoms with Gasteiger partial charge in [0, 0.05) is 35.5 Å². The number of nitriles is 1. The lowest BCUT2D eigenvalue weighted by molar-refractivity contribution is 0.178. The molecule has 0 aromatic carbocycles. The molecule has 1 aromatic heterocycles. The van der Waals surface area contributed by atoms with Crippen molar-refractivity contribution in [3.05, 3.63) is 19.2 Å². The van der Waals surface area contributed by atoms with Gasteiger partial charge in [-0.25, -0.2) is 0 Å². The maximum atomic E-state index is 8.99. The van der Waals surface area contributed by atoms with Crippen molar-refractivity contribution in [1.82, 2.24) is 10.2 Å². The van der Waals surface area contributed by atoms with Crippen molar-refractivity contribution in [1.29, 1.82) is 5.26 Å². The first-order valence-electron chi connectivity index (χ1n) is 5.49. The summed E-state index contributed by atoms with van der Waals surface area (Å²) >= 11 is 8.74. The normalized spacial score (nSPS) is 18.9. The number of hydrogen-bond acceptors (Lipinski definition) is 4. The molecule has 3 nitrogen and oxygen atoms in total. The van der Waals surface area contributed by atoms with Gasteiger partial charge in [0.25, 0.3) is 0 Å². The van der Waals surface area contributed by atoms with Crippen LogP contribution < -0.4 is 5.32 Å². The maximum absolute atomic E-state index is 8.99. The molecule has 1 aromatic rings. The molecule has 1 N–H and O–H groups in total. The van der Waals surface area contributed by atoms with E-state index in [2.05, 4.69) is 54.2 Å². The molecule has 0 unspecified atom stereocenters. The van der Waals surface area contributed by atoms with Crippen LogP contribution >= 0.6 is 43.2 Å². The summed E-state index contributed by atoms with van der Waals surface area (Å²) in [7, 11) is 0. The van der Waals surface area contributed by atoms with Gasteiger partial charge in [-0.05, 0) is 37.9 Å². The van der Waals surface area contributed by atoms with Crippen LogP contribution in [0.5, 0.6) is 0 Å². The Morgan fingerprint density at radius 2 is 2.18 bits per heavy atom. The zero-order valence-corrected chi connectivity index (χ0v) is 13.2. The largest absolute Gasteiger partial charge is 0.314 e. The summed E-state index contributed by atoms with van der Waals surface area (Å²) in [6.07, 6.45) is 0.555. The molecule has 2 rings (SSSR count). The number of hydrogen-bond donors (Lipinski definition) is 1. The van der Waals surface area contributed by atoms with E-state index in [-0.39, 0.29) is 6.04 Å². The zero-order valence-electron chi connectivity index (χ0n) is 9.25. The van der Waals surface area contributed by atoms with Crippen LogP contribution in [0.25, 0.3) is 0 Å². The molecule has 0 saturated carbocycles. The summed E-state index contributed by atoms with van der Waals surface area (Å²) in [4.78, 5) is 3.65. The minimum absolute atomic E-state index is 0.231. The van der Waals surface area contributed by atoms with Crippen molar-refractivity contribution in [3.8, 4) is 6.07 Å². The van der Waals surface area contributed by atoms with Crippen LogP contribution in [0.2, 0.25) is 0 Å². The number of nitrogens with one attached hydrogen (secondary N) is 1. The molecule has 1 saturated heterocycles. The molecule has 0 spiro atoms. The molecule has 17 heavy (non-hydrogen) atoms. The lowest BCUT2D eigenvalue weighted by atomic mass is 10.1. The summed E-state index contributed by atoms with van der Waals surface area (Å²) in [5, 5.41) is 12.3. The van der Waals surface area contributed by atoms with Gasteiger partial charge >= 0.3 is 0 Å². The lowest BCUT2D eigenvalue weighted by Crippen LogP contribution is -2.44. The van der Waals surface area contributed by atoms with Gasteiger partial charge in [0.15, 0.2) is 0 Å². The second-order valence-corrected chi connectivity index (χ2v) is 7.19. The average molecular weight is 379 g/mol. The Labute approximate surface area is 122 Å². The van der Waals surface area contributed by atoms with Crippen LogP contribution in [0.3, 0.4) is 0 Å². The van der Waals surface area contributed by atoms with Gasteiger partial charge in [-0.1, -0.05) is 0 Å². The van der Waals surface area contributed by atoms with E-state index in [1.54, 1.807) is 11.3 Å². The summed E-state index contributed by atoms with van der Waals surface area (Å²) in [6.45, 7) is 4.05. The molecular weight excluding hydrogens is 366 g/mol. The Morgan fingerprint density at radius 3 is 2.71 bits per heavy atom. The molecule has 92 valence electrons. The van der Waals surface area contributed by atoms with Gasteiger partial charge in [0.1, 0.15) is 0 Å². The third-order valence-corrected chi connectivity index (χ3v) is 6.23. The first kappa shape index (κ1) is 13.5. The van der Waals surface area contributed by atoms with Crippen molar-refractivity contribution in [2.24, 2.45) is 0 Å². The van der Waals surface area contributed by atoms with Crippen LogP contribution in [-0.4, -0.2) is 31.1 Å². The molecule has 1 aliphatic heterocycles. The Bertz CT molecular complexity index is 401. The third kappa shape index (κ3) is 3.30. The van der Waals surface area contributed by atoms with E-state index in [0.717, 1.165) is 34.4 Å². The van der Waals surface area contributed by atoms with Gasteiger partial charge in [-0.15, -0.1) is 11.3 Å². The van der Waals surface area contributed by atoms with Crippen LogP contribution in [0, 0.1) is 11.3 Å². The van der Waals surface area contributed by atoms with Crippen molar-refractivity contribution in [2.75, 3.05) is 26.2 Å². The fourth-order valence-electron chi connectivity index (χ4n) is 2.02. The van der Waals surface area contributed by atoms with Gasteiger partial charge in [-0.2, -0.15) is 5.26 Å². The topological polar surface area (TPSA) is 39.1 Å². The first-order valence-corrected chi connectivity index (χ1v) is 7.89. The van der Waals surface area contributed by atoms with E-state index >= 15 is 0 Å². The first-order chi connectivity index (χ1) is 8.22. The fourth-order valence-corrected chi connectivity index (χ4v) is 4.24. The van der Waals surface area contributed by atoms with E-state index in [1.807, 2.05) is 0 Å². The van der Waals surface area contributed by atoms with Crippen molar-refractivity contribution in [3.63, 3.8) is 0 Å². The third-order valence-electron chi connectivity index (χ3n) is 2.87. The molecule has 0 bridgehead atoms. The monoisotopic (exact) mass is 377 g/mol. The fraction of sp³-hybridized carbons (Fsp3) is 0.545. The lowest BCUT2D eigenvalue weighted by Gasteiger charge is -2.33. The Balaban J connectivity index is 2.18. The molecule has 0 radical (unpaired) electrons. The van der Waals surface area contributed by atoms with E-state index in [1.165, 1.54) is 4.88 Å². The van der Waals surface area contributed by atoms with E-state index in [0.29, 0.717) is 6.42 Å². The minimum Gasteiger partial charge on any atom is -0.314 e. The van der Waals surface area contributed by atoms with Gasteiger partial charge in [0.05, 0.1) is 22.3 Å². The standard InChI is InChI=1S/C11H13Br2N3S/c12-8-7-10(17-11(8)13)9(1-2-14)16-5-3-15-4-6-16/h7,9,15H,1,3-6H2/t9-/m1/s1. The predicted molar refractivity (Wildman–Crippen MR) is 77.1 cm³/mol. The second-order valence-electron chi connectivity index (χ2n) is 3.93. The Morgan fingerprint density at radius 1 is 1.47 bits per heavy atom. The minimum atomic E-state index is 0.231. The highest BCUT2D eigenvalue weighted by Gasteiger charge is 2.24. The number of rotatable bonds is 3. The van der Waals surface area contributed by atoms with Crippen LogP contribution in [0.15, 0.2) is 14.3 Å². The Kier molecular flexibility index (Phi) is 5.00. The highest BCUT2D eigenvalue weighted by atomic mass is 79.9. The second kappa shape index (κ2) is 6.30. The number of nitrogens with zero attached hydrogens (tertiary/aromatic N) is 2.